The van der Waals surface area contributed by atoms with Crippen LogP contribution in [0.5, 0.6) is 0 Å². The first-order valence-electron chi connectivity index (χ1n) is 9.11. The number of sulfonamides is 1. The summed E-state index contributed by atoms with van der Waals surface area (Å²) in [4.78, 5) is 35.8. The van der Waals surface area contributed by atoms with Crippen molar-refractivity contribution in [3.8, 4) is 0 Å². The minimum Gasteiger partial charge on any atom is -0.451 e. The second-order valence-corrected chi connectivity index (χ2v) is 9.50. The summed E-state index contributed by atoms with van der Waals surface area (Å²) in [5.41, 5.74) is 2.40. The maximum Gasteiger partial charge on any atom is 0.350 e. The summed E-state index contributed by atoms with van der Waals surface area (Å²) in [5, 5.41) is 6.05. The molecule has 2 aromatic rings. The Morgan fingerprint density at radius 1 is 1.17 bits per heavy atom. The number of benzene rings is 1. The Morgan fingerprint density at radius 2 is 1.90 bits per heavy atom. The van der Waals surface area contributed by atoms with E-state index >= 15 is 0 Å². The van der Waals surface area contributed by atoms with Crippen LogP contribution in [0.3, 0.4) is 0 Å². The van der Waals surface area contributed by atoms with Crippen LogP contribution in [-0.2, 0) is 19.6 Å². The number of carbonyl (C=O) groups is 3. The van der Waals surface area contributed by atoms with E-state index in [0.29, 0.717) is 5.69 Å². The van der Waals surface area contributed by atoms with Crippen molar-refractivity contribution in [2.75, 3.05) is 11.9 Å². The van der Waals surface area contributed by atoms with Crippen molar-refractivity contribution in [2.45, 2.75) is 37.6 Å². The van der Waals surface area contributed by atoms with Gasteiger partial charge in [-0.1, -0.05) is 17.7 Å². The van der Waals surface area contributed by atoms with E-state index in [4.69, 9.17) is 4.74 Å². The van der Waals surface area contributed by atoms with Gasteiger partial charge in [-0.2, -0.15) is 0 Å². The van der Waals surface area contributed by atoms with Crippen LogP contribution < -0.4 is 15.4 Å². The number of imide groups is 1. The Kier molecular flexibility index (Phi) is 6.54. The third kappa shape index (κ3) is 5.65. The van der Waals surface area contributed by atoms with Crippen LogP contribution in [0.2, 0.25) is 0 Å². The number of thiophene rings is 1. The number of rotatable bonds is 7. The highest BCUT2D eigenvalue weighted by Gasteiger charge is 2.31. The molecule has 1 aliphatic rings. The smallest absolute Gasteiger partial charge is 0.350 e. The van der Waals surface area contributed by atoms with Gasteiger partial charge < -0.3 is 10.1 Å². The largest absolute Gasteiger partial charge is 0.451 e. The zero-order chi connectivity index (χ0) is 21.9. The minimum atomic E-state index is -3.83. The molecule has 0 spiro atoms. The number of ether oxygens (including phenoxy) is 1. The predicted octanol–water partition coefficient (Wildman–Crippen LogP) is 2.31. The maximum atomic E-state index is 12.3. The van der Waals surface area contributed by atoms with Crippen LogP contribution in [0.15, 0.2) is 34.5 Å². The molecule has 3 N–H and O–H groups in total. The molecule has 0 unspecified atom stereocenters. The molecule has 160 valence electrons. The Labute approximate surface area is 177 Å². The summed E-state index contributed by atoms with van der Waals surface area (Å²) in [6.45, 7) is 3.00. The Morgan fingerprint density at radius 3 is 2.57 bits per heavy atom. The summed E-state index contributed by atoms with van der Waals surface area (Å²) in [5.74, 6) is -1.80. The number of amides is 3. The summed E-state index contributed by atoms with van der Waals surface area (Å²) < 4.78 is 32.0. The second kappa shape index (κ2) is 8.94. The zero-order valence-corrected chi connectivity index (χ0v) is 18.0. The molecular formula is C19H21N3O6S2. The number of nitrogens with one attached hydrogen (secondary N) is 3. The summed E-state index contributed by atoms with van der Waals surface area (Å²) >= 11 is 0.897. The molecule has 1 heterocycles. The van der Waals surface area contributed by atoms with Gasteiger partial charge in [-0.05, 0) is 49.8 Å². The van der Waals surface area contributed by atoms with Gasteiger partial charge in [0.1, 0.15) is 9.77 Å². The van der Waals surface area contributed by atoms with E-state index in [1.807, 2.05) is 26.0 Å². The van der Waals surface area contributed by atoms with Gasteiger partial charge >= 0.3 is 12.0 Å². The average Bonchev–Trinajstić information content (AvgIpc) is 3.31. The van der Waals surface area contributed by atoms with Crippen molar-refractivity contribution < 1.29 is 27.5 Å². The monoisotopic (exact) mass is 451 g/mol. The summed E-state index contributed by atoms with van der Waals surface area (Å²) in [6.07, 6.45) is 1.51. The van der Waals surface area contributed by atoms with Gasteiger partial charge in [0.25, 0.3) is 5.91 Å². The average molecular weight is 452 g/mol. The lowest BCUT2D eigenvalue weighted by Gasteiger charge is -2.10. The third-order valence-corrected chi connectivity index (χ3v) is 6.81. The van der Waals surface area contributed by atoms with Crippen LogP contribution >= 0.6 is 11.3 Å². The SMILES string of the molecule is Cc1ccc(NC(=O)NC(=O)COC(=O)c2sccc2S(=O)(=O)NC2CC2)c(C)c1. The highest BCUT2D eigenvalue weighted by atomic mass is 32.2. The van der Waals surface area contributed by atoms with E-state index in [1.54, 1.807) is 6.07 Å². The fourth-order valence-electron chi connectivity index (χ4n) is 2.61. The van der Waals surface area contributed by atoms with E-state index in [-0.39, 0.29) is 15.8 Å². The van der Waals surface area contributed by atoms with E-state index < -0.39 is 34.5 Å². The highest BCUT2D eigenvalue weighted by molar-refractivity contribution is 7.89. The first-order chi connectivity index (χ1) is 14.2. The Balaban J connectivity index is 1.53. The van der Waals surface area contributed by atoms with Gasteiger partial charge in [-0.25, -0.2) is 22.7 Å². The van der Waals surface area contributed by atoms with Crippen molar-refractivity contribution in [2.24, 2.45) is 0 Å². The predicted molar refractivity (Wildman–Crippen MR) is 111 cm³/mol. The number of hydrogen-bond donors (Lipinski definition) is 3. The Hall–Kier alpha value is -2.76. The van der Waals surface area contributed by atoms with Crippen molar-refractivity contribution in [3.05, 3.63) is 45.6 Å². The maximum absolute atomic E-state index is 12.3. The molecule has 1 aromatic carbocycles. The normalized spacial score (nSPS) is 13.5. The van der Waals surface area contributed by atoms with Crippen LogP contribution in [-0.4, -0.2) is 39.0 Å². The van der Waals surface area contributed by atoms with Crippen LogP contribution in [0.1, 0.15) is 33.6 Å². The number of carbonyl (C=O) groups excluding carboxylic acids is 3. The molecular weight excluding hydrogens is 430 g/mol. The number of anilines is 1. The van der Waals surface area contributed by atoms with Gasteiger partial charge in [0.15, 0.2) is 6.61 Å². The lowest BCUT2D eigenvalue weighted by Crippen LogP contribution is -2.37. The summed E-state index contributed by atoms with van der Waals surface area (Å²) in [7, 11) is -3.83. The zero-order valence-electron chi connectivity index (χ0n) is 16.4. The van der Waals surface area contributed by atoms with E-state index in [2.05, 4.69) is 15.4 Å². The first kappa shape index (κ1) is 21.9. The van der Waals surface area contributed by atoms with E-state index in [0.717, 1.165) is 35.3 Å². The fourth-order valence-corrected chi connectivity index (χ4v) is 5.22. The van der Waals surface area contributed by atoms with Crippen molar-refractivity contribution in [1.82, 2.24) is 10.0 Å². The second-order valence-electron chi connectivity index (χ2n) is 6.91. The lowest BCUT2D eigenvalue weighted by molar-refractivity contribution is -0.123. The third-order valence-electron chi connectivity index (χ3n) is 4.22. The molecule has 0 atom stereocenters. The molecule has 30 heavy (non-hydrogen) atoms. The van der Waals surface area contributed by atoms with Crippen LogP contribution in [0, 0.1) is 13.8 Å². The molecule has 1 aliphatic carbocycles. The van der Waals surface area contributed by atoms with E-state index in [1.165, 1.54) is 11.4 Å². The van der Waals surface area contributed by atoms with Gasteiger partial charge in [-0.15, -0.1) is 11.3 Å². The standard InChI is InChI=1S/C19H21N3O6S2/c1-11-3-6-14(12(2)9-11)20-19(25)21-16(23)10-28-18(24)17-15(7-8-29-17)30(26,27)22-13-4-5-13/h3,6-9,13,22H,4-5,10H2,1-2H3,(H2,20,21,23,25). The quantitative estimate of drug-likeness (QED) is 0.554. The minimum absolute atomic E-state index is 0.111. The fraction of sp³-hybridized carbons (Fsp3) is 0.316. The topological polar surface area (TPSA) is 131 Å². The van der Waals surface area contributed by atoms with Gasteiger partial charge in [0, 0.05) is 11.7 Å². The highest BCUT2D eigenvalue weighted by Crippen LogP contribution is 2.27. The molecule has 0 aliphatic heterocycles. The van der Waals surface area contributed by atoms with E-state index in [9.17, 15) is 22.8 Å². The number of esters is 1. The molecule has 9 nitrogen and oxygen atoms in total. The van der Waals surface area contributed by atoms with Crippen molar-refractivity contribution in [1.29, 1.82) is 0 Å². The van der Waals surface area contributed by atoms with Crippen molar-refractivity contribution >= 4 is 45.0 Å². The molecule has 1 fully saturated rings. The van der Waals surface area contributed by atoms with Gasteiger partial charge in [-0.3, -0.25) is 10.1 Å². The Bertz CT molecular complexity index is 1090. The molecule has 11 heteroatoms. The number of hydrogen-bond acceptors (Lipinski definition) is 7. The van der Waals surface area contributed by atoms with Crippen molar-refractivity contribution in [3.63, 3.8) is 0 Å². The molecule has 0 saturated heterocycles. The van der Waals surface area contributed by atoms with Crippen LogP contribution in [0.4, 0.5) is 10.5 Å². The molecule has 0 bridgehead atoms. The summed E-state index contributed by atoms with van der Waals surface area (Å²) in [6, 6.07) is 5.84. The van der Waals surface area contributed by atoms with Gasteiger partial charge in [0.2, 0.25) is 10.0 Å². The molecule has 1 aromatic heterocycles. The molecule has 3 amide bonds. The van der Waals surface area contributed by atoms with Gasteiger partial charge in [0.05, 0.1) is 0 Å². The number of urea groups is 1. The first-order valence-corrected chi connectivity index (χ1v) is 11.5. The molecule has 1 saturated carbocycles. The molecule has 3 rings (SSSR count). The molecule has 0 radical (unpaired) electrons. The number of aryl methyl sites for hydroxylation is 2. The lowest BCUT2D eigenvalue weighted by atomic mass is 10.1. The van der Waals surface area contributed by atoms with Crippen LogP contribution in [0.25, 0.3) is 0 Å².